The molecule has 122 valence electrons. The van der Waals surface area contributed by atoms with Crippen molar-refractivity contribution < 1.29 is 18.0 Å². The first-order valence-electron chi connectivity index (χ1n) is 6.75. The predicted octanol–water partition coefficient (Wildman–Crippen LogP) is 2.76. The van der Waals surface area contributed by atoms with Gasteiger partial charge in [-0.05, 0) is 18.1 Å². The first-order chi connectivity index (χ1) is 10.9. The molecular formula is C15H14F3N3O2. The Morgan fingerprint density at radius 1 is 1.17 bits per heavy atom. The molecule has 0 spiro atoms. The van der Waals surface area contributed by atoms with Crippen molar-refractivity contribution in [2.75, 3.05) is 11.9 Å². The third-order valence-corrected chi connectivity index (χ3v) is 3.02. The number of urea groups is 1. The topological polar surface area (TPSA) is 74.0 Å². The number of H-pyrrole nitrogens is 1. The third kappa shape index (κ3) is 4.87. The van der Waals surface area contributed by atoms with Crippen LogP contribution in [0.15, 0.2) is 47.4 Å². The number of carbonyl (C=O) groups excluding carboxylic acids is 1. The van der Waals surface area contributed by atoms with Crippen LogP contribution in [0.4, 0.5) is 23.7 Å². The van der Waals surface area contributed by atoms with Crippen LogP contribution in [0.3, 0.4) is 0 Å². The summed E-state index contributed by atoms with van der Waals surface area (Å²) in [6.07, 6.45) is -3.49. The summed E-state index contributed by atoms with van der Waals surface area (Å²) in [5, 5.41) is 4.60. The quantitative estimate of drug-likeness (QED) is 0.809. The molecule has 2 aromatic rings. The summed E-state index contributed by atoms with van der Waals surface area (Å²) in [5.41, 5.74) is -1.31. The summed E-state index contributed by atoms with van der Waals surface area (Å²) in [5.74, 6) is 0. The molecule has 0 atom stereocenters. The molecule has 1 aromatic carbocycles. The number of pyridine rings is 1. The van der Waals surface area contributed by atoms with Gasteiger partial charge in [0.2, 0.25) is 0 Å². The van der Waals surface area contributed by atoms with Crippen molar-refractivity contribution in [2.24, 2.45) is 0 Å². The SMILES string of the molecule is O=C(NCCc1ccccc1)Nc1cc(C(F)(F)F)c[nH]c1=O. The standard InChI is InChI=1S/C15H14F3N3O2/c16-15(17,18)11-8-12(13(22)20-9-11)21-14(23)19-7-6-10-4-2-1-3-5-10/h1-5,8-9H,6-7H2,(H,20,22)(H2,19,21,23). The maximum absolute atomic E-state index is 12.6. The van der Waals surface area contributed by atoms with E-state index in [-0.39, 0.29) is 6.54 Å². The minimum absolute atomic E-state index is 0.284. The number of aromatic nitrogens is 1. The molecule has 1 aromatic heterocycles. The molecule has 0 unspecified atom stereocenters. The van der Waals surface area contributed by atoms with Gasteiger partial charge in [-0.25, -0.2) is 4.79 Å². The van der Waals surface area contributed by atoms with Crippen molar-refractivity contribution in [3.05, 3.63) is 64.1 Å². The number of carbonyl (C=O) groups is 1. The number of hydrogen-bond acceptors (Lipinski definition) is 2. The number of alkyl halides is 3. The van der Waals surface area contributed by atoms with E-state index in [2.05, 4.69) is 10.6 Å². The Morgan fingerprint density at radius 3 is 2.52 bits per heavy atom. The summed E-state index contributed by atoms with van der Waals surface area (Å²) in [4.78, 5) is 25.1. The molecule has 23 heavy (non-hydrogen) atoms. The van der Waals surface area contributed by atoms with Crippen molar-refractivity contribution in [1.82, 2.24) is 10.3 Å². The number of hydrogen-bond donors (Lipinski definition) is 3. The van der Waals surface area contributed by atoms with Gasteiger partial charge in [-0.2, -0.15) is 13.2 Å². The van der Waals surface area contributed by atoms with E-state index in [1.165, 1.54) is 0 Å². The Kier molecular flexibility index (Phi) is 5.05. The highest BCUT2D eigenvalue weighted by atomic mass is 19.4. The van der Waals surface area contributed by atoms with Gasteiger partial charge in [-0.15, -0.1) is 0 Å². The van der Waals surface area contributed by atoms with Crippen LogP contribution in [0.1, 0.15) is 11.1 Å². The van der Waals surface area contributed by atoms with Crippen molar-refractivity contribution in [3.8, 4) is 0 Å². The smallest absolute Gasteiger partial charge is 0.338 e. The first-order valence-corrected chi connectivity index (χ1v) is 6.75. The fraction of sp³-hybridized carbons (Fsp3) is 0.200. The maximum Gasteiger partial charge on any atom is 0.417 e. The van der Waals surface area contributed by atoms with Crippen molar-refractivity contribution in [3.63, 3.8) is 0 Å². The fourth-order valence-electron chi connectivity index (χ4n) is 1.87. The van der Waals surface area contributed by atoms with Gasteiger partial charge in [0.25, 0.3) is 5.56 Å². The number of nitrogens with one attached hydrogen (secondary N) is 3. The van der Waals surface area contributed by atoms with E-state index in [1.807, 2.05) is 35.3 Å². The second kappa shape index (κ2) is 6.99. The Balaban J connectivity index is 1.94. The van der Waals surface area contributed by atoms with Crippen molar-refractivity contribution in [2.45, 2.75) is 12.6 Å². The van der Waals surface area contributed by atoms with Crippen LogP contribution in [0.5, 0.6) is 0 Å². The van der Waals surface area contributed by atoms with E-state index in [1.54, 1.807) is 0 Å². The van der Waals surface area contributed by atoms with Crippen LogP contribution in [-0.2, 0) is 12.6 Å². The predicted molar refractivity (Wildman–Crippen MR) is 79.2 cm³/mol. The molecule has 5 nitrogen and oxygen atoms in total. The summed E-state index contributed by atoms with van der Waals surface area (Å²) in [6.45, 7) is 0.284. The molecule has 8 heteroatoms. The van der Waals surface area contributed by atoms with Crippen LogP contribution >= 0.6 is 0 Å². The van der Waals surface area contributed by atoms with E-state index in [4.69, 9.17) is 0 Å². The van der Waals surface area contributed by atoms with Gasteiger partial charge in [-0.1, -0.05) is 30.3 Å². The van der Waals surface area contributed by atoms with Gasteiger partial charge < -0.3 is 15.6 Å². The number of benzene rings is 1. The zero-order valence-electron chi connectivity index (χ0n) is 11.9. The van der Waals surface area contributed by atoms with Crippen molar-refractivity contribution >= 4 is 11.7 Å². The number of anilines is 1. The second-order valence-electron chi connectivity index (χ2n) is 4.75. The number of rotatable bonds is 4. The summed E-state index contributed by atoms with van der Waals surface area (Å²) in [7, 11) is 0. The lowest BCUT2D eigenvalue weighted by molar-refractivity contribution is -0.137. The van der Waals surface area contributed by atoms with Crippen LogP contribution in [0, 0.1) is 0 Å². The lowest BCUT2D eigenvalue weighted by atomic mass is 10.1. The fourth-order valence-corrected chi connectivity index (χ4v) is 1.87. The number of aromatic amines is 1. The molecule has 0 aliphatic carbocycles. The average molecular weight is 325 g/mol. The molecule has 0 aliphatic rings. The molecule has 0 aliphatic heterocycles. The normalized spacial score (nSPS) is 11.1. The molecule has 0 saturated heterocycles. The Morgan fingerprint density at radius 2 is 1.87 bits per heavy atom. The summed E-state index contributed by atoms with van der Waals surface area (Å²) >= 11 is 0. The van der Waals surface area contributed by atoms with Gasteiger partial charge in [0, 0.05) is 12.7 Å². The zero-order valence-corrected chi connectivity index (χ0v) is 11.9. The van der Waals surface area contributed by atoms with E-state index in [9.17, 15) is 22.8 Å². The lowest BCUT2D eigenvalue weighted by Gasteiger charge is -2.10. The van der Waals surface area contributed by atoms with Crippen LogP contribution in [-0.4, -0.2) is 17.6 Å². The molecule has 0 fully saturated rings. The molecule has 1 heterocycles. The first kappa shape index (κ1) is 16.6. The van der Waals surface area contributed by atoms with Gasteiger partial charge in [0.1, 0.15) is 5.69 Å². The minimum atomic E-state index is -4.61. The number of halogens is 3. The number of amides is 2. The molecule has 3 N–H and O–H groups in total. The van der Waals surface area contributed by atoms with Crippen LogP contribution < -0.4 is 16.2 Å². The highest BCUT2D eigenvalue weighted by Crippen LogP contribution is 2.29. The van der Waals surface area contributed by atoms with Crippen LogP contribution in [0.25, 0.3) is 0 Å². The molecule has 0 saturated carbocycles. The van der Waals surface area contributed by atoms with Gasteiger partial charge in [0.15, 0.2) is 0 Å². The molecular weight excluding hydrogens is 311 g/mol. The van der Waals surface area contributed by atoms with E-state index < -0.39 is 29.0 Å². The molecule has 2 amide bonds. The molecule has 2 rings (SSSR count). The summed E-state index contributed by atoms with van der Waals surface area (Å²) in [6, 6.07) is 9.20. The summed E-state index contributed by atoms with van der Waals surface area (Å²) < 4.78 is 37.7. The van der Waals surface area contributed by atoms with E-state index in [0.29, 0.717) is 18.7 Å². The highest BCUT2D eigenvalue weighted by Gasteiger charge is 2.31. The lowest BCUT2D eigenvalue weighted by Crippen LogP contribution is -2.32. The zero-order chi connectivity index (χ0) is 16.9. The Hall–Kier alpha value is -2.77. The third-order valence-electron chi connectivity index (χ3n) is 3.02. The van der Waals surface area contributed by atoms with Gasteiger partial charge in [-0.3, -0.25) is 4.79 Å². The van der Waals surface area contributed by atoms with Gasteiger partial charge >= 0.3 is 12.2 Å². The average Bonchev–Trinajstić information content (AvgIpc) is 2.49. The largest absolute Gasteiger partial charge is 0.417 e. The van der Waals surface area contributed by atoms with E-state index in [0.717, 1.165) is 5.56 Å². The van der Waals surface area contributed by atoms with Gasteiger partial charge in [0.05, 0.1) is 5.56 Å². The Labute approximate surface area is 129 Å². The Bertz CT molecular complexity index is 727. The molecule has 0 radical (unpaired) electrons. The van der Waals surface area contributed by atoms with Crippen LogP contribution in [0.2, 0.25) is 0 Å². The highest BCUT2D eigenvalue weighted by molar-refractivity contribution is 5.89. The van der Waals surface area contributed by atoms with Crippen molar-refractivity contribution in [1.29, 1.82) is 0 Å². The molecule has 0 bridgehead atoms. The second-order valence-corrected chi connectivity index (χ2v) is 4.75. The van der Waals surface area contributed by atoms with E-state index >= 15 is 0 Å². The monoisotopic (exact) mass is 325 g/mol. The minimum Gasteiger partial charge on any atom is -0.338 e. The maximum atomic E-state index is 12.6.